The monoisotopic (exact) mass is 357 g/mol. The third-order valence-corrected chi connectivity index (χ3v) is 3.68. The summed E-state index contributed by atoms with van der Waals surface area (Å²) in [6.07, 6.45) is 1.51. The zero-order valence-electron chi connectivity index (χ0n) is 13.7. The Balaban J connectivity index is 1.84. The van der Waals surface area contributed by atoms with Gasteiger partial charge >= 0.3 is 0 Å². The van der Waals surface area contributed by atoms with Crippen LogP contribution in [0.1, 0.15) is 0 Å². The number of benzene rings is 2. The van der Waals surface area contributed by atoms with Crippen molar-refractivity contribution in [2.45, 2.75) is 0 Å². The molecule has 0 saturated heterocycles. The molecule has 0 aliphatic carbocycles. The van der Waals surface area contributed by atoms with Crippen LogP contribution in [0, 0.1) is 0 Å². The fourth-order valence-electron chi connectivity index (χ4n) is 2.15. The van der Waals surface area contributed by atoms with Crippen molar-refractivity contribution in [3.8, 4) is 11.5 Å². The summed E-state index contributed by atoms with van der Waals surface area (Å²) in [5.74, 6) is 2.13. The highest BCUT2D eigenvalue weighted by Gasteiger charge is 2.09. The van der Waals surface area contributed by atoms with Gasteiger partial charge in [0.2, 0.25) is 5.95 Å². The molecule has 0 fully saturated rings. The molecule has 0 unspecified atom stereocenters. The van der Waals surface area contributed by atoms with E-state index in [1.807, 2.05) is 18.2 Å². The zero-order chi connectivity index (χ0) is 17.6. The molecular formula is C17H16ClN5O2. The number of anilines is 4. The molecule has 3 aromatic rings. The van der Waals surface area contributed by atoms with Crippen LogP contribution >= 0.6 is 11.6 Å². The summed E-state index contributed by atoms with van der Waals surface area (Å²) >= 11 is 6.14. The van der Waals surface area contributed by atoms with Crippen molar-refractivity contribution in [2.75, 3.05) is 24.9 Å². The van der Waals surface area contributed by atoms with E-state index < -0.39 is 0 Å². The zero-order valence-corrected chi connectivity index (χ0v) is 14.4. The van der Waals surface area contributed by atoms with Gasteiger partial charge in [-0.15, -0.1) is 5.10 Å². The summed E-state index contributed by atoms with van der Waals surface area (Å²) in [5, 5.41) is 14.7. The van der Waals surface area contributed by atoms with Gasteiger partial charge in [0.1, 0.15) is 11.5 Å². The number of hydrogen-bond acceptors (Lipinski definition) is 7. The second-order valence-corrected chi connectivity index (χ2v) is 5.37. The van der Waals surface area contributed by atoms with E-state index in [0.717, 1.165) is 5.69 Å². The summed E-state index contributed by atoms with van der Waals surface area (Å²) < 4.78 is 10.6. The average Bonchev–Trinajstić information content (AvgIpc) is 2.64. The van der Waals surface area contributed by atoms with Gasteiger partial charge in [-0.25, -0.2) is 0 Å². The van der Waals surface area contributed by atoms with Gasteiger partial charge < -0.3 is 20.1 Å². The van der Waals surface area contributed by atoms with Crippen LogP contribution < -0.4 is 20.1 Å². The summed E-state index contributed by atoms with van der Waals surface area (Å²) in [6, 6.07) is 12.8. The molecule has 0 atom stereocenters. The first kappa shape index (κ1) is 16.8. The lowest BCUT2D eigenvalue weighted by molar-refractivity contribution is 0.405. The number of methoxy groups -OCH3 is 2. The Labute approximate surface area is 150 Å². The van der Waals surface area contributed by atoms with Crippen molar-refractivity contribution in [1.29, 1.82) is 0 Å². The van der Waals surface area contributed by atoms with Gasteiger partial charge in [0.25, 0.3) is 0 Å². The number of nitrogens with zero attached hydrogens (tertiary/aromatic N) is 3. The van der Waals surface area contributed by atoms with Gasteiger partial charge in [-0.2, -0.15) is 10.1 Å². The molecule has 128 valence electrons. The Morgan fingerprint density at radius 2 is 1.80 bits per heavy atom. The summed E-state index contributed by atoms with van der Waals surface area (Å²) in [4.78, 5) is 4.38. The van der Waals surface area contributed by atoms with E-state index in [9.17, 15) is 0 Å². The number of para-hydroxylation sites is 1. The molecule has 0 aliphatic rings. The van der Waals surface area contributed by atoms with Crippen molar-refractivity contribution >= 4 is 34.7 Å². The van der Waals surface area contributed by atoms with Crippen LogP contribution in [0.2, 0.25) is 5.02 Å². The maximum absolute atomic E-state index is 6.14. The second-order valence-electron chi connectivity index (χ2n) is 4.96. The first-order valence-corrected chi connectivity index (χ1v) is 7.77. The Morgan fingerprint density at radius 1 is 0.960 bits per heavy atom. The molecule has 8 heteroatoms. The number of halogens is 1. The second kappa shape index (κ2) is 7.67. The molecule has 1 aromatic heterocycles. The molecule has 3 rings (SSSR count). The highest BCUT2D eigenvalue weighted by Crippen LogP contribution is 2.31. The van der Waals surface area contributed by atoms with Crippen LogP contribution in [-0.2, 0) is 0 Å². The maximum atomic E-state index is 6.14. The van der Waals surface area contributed by atoms with Crippen LogP contribution in [0.5, 0.6) is 11.5 Å². The van der Waals surface area contributed by atoms with Gasteiger partial charge in [0.15, 0.2) is 5.82 Å². The van der Waals surface area contributed by atoms with Gasteiger partial charge in [0.05, 0.1) is 36.8 Å². The van der Waals surface area contributed by atoms with Crippen molar-refractivity contribution < 1.29 is 9.47 Å². The fraction of sp³-hybridized carbons (Fsp3) is 0.118. The van der Waals surface area contributed by atoms with Crippen LogP contribution in [0.3, 0.4) is 0 Å². The van der Waals surface area contributed by atoms with Gasteiger partial charge in [-0.3, -0.25) is 0 Å². The van der Waals surface area contributed by atoms with E-state index in [2.05, 4.69) is 25.8 Å². The van der Waals surface area contributed by atoms with Gasteiger partial charge in [-0.05, 0) is 24.3 Å². The molecule has 0 bridgehead atoms. The lowest BCUT2D eigenvalue weighted by atomic mass is 10.2. The first-order chi connectivity index (χ1) is 12.2. The number of ether oxygens (including phenoxy) is 2. The molecule has 7 nitrogen and oxygen atoms in total. The maximum Gasteiger partial charge on any atom is 0.249 e. The number of aromatic nitrogens is 3. The Hall–Kier alpha value is -3.06. The molecule has 2 aromatic carbocycles. The van der Waals surface area contributed by atoms with Gasteiger partial charge in [0, 0.05) is 6.07 Å². The lowest BCUT2D eigenvalue weighted by Gasteiger charge is -2.12. The lowest BCUT2D eigenvalue weighted by Crippen LogP contribution is -2.03. The summed E-state index contributed by atoms with van der Waals surface area (Å²) in [5.41, 5.74) is 1.40. The molecule has 0 radical (unpaired) electrons. The van der Waals surface area contributed by atoms with Crippen LogP contribution in [0.4, 0.5) is 23.1 Å². The molecule has 0 spiro atoms. The number of nitrogens with one attached hydrogen (secondary N) is 2. The minimum absolute atomic E-state index is 0.309. The van der Waals surface area contributed by atoms with E-state index in [1.54, 1.807) is 38.5 Å². The van der Waals surface area contributed by atoms with Crippen molar-refractivity contribution in [3.05, 3.63) is 53.7 Å². The van der Waals surface area contributed by atoms with E-state index in [-0.39, 0.29) is 0 Å². The van der Waals surface area contributed by atoms with E-state index in [4.69, 9.17) is 21.1 Å². The van der Waals surface area contributed by atoms with E-state index in [1.165, 1.54) is 6.20 Å². The Kier molecular flexibility index (Phi) is 5.15. The average molecular weight is 358 g/mol. The molecule has 25 heavy (non-hydrogen) atoms. The van der Waals surface area contributed by atoms with E-state index in [0.29, 0.717) is 34.0 Å². The predicted molar refractivity (Wildman–Crippen MR) is 97.4 cm³/mol. The Bertz CT molecular complexity index is 875. The number of hydrogen-bond donors (Lipinski definition) is 2. The minimum atomic E-state index is 0.309. The minimum Gasteiger partial charge on any atom is -0.497 e. The molecule has 1 heterocycles. The van der Waals surface area contributed by atoms with Crippen LogP contribution in [0.15, 0.2) is 48.7 Å². The highest BCUT2D eigenvalue weighted by molar-refractivity contribution is 6.33. The molecular weight excluding hydrogens is 342 g/mol. The summed E-state index contributed by atoms with van der Waals surface area (Å²) in [6.45, 7) is 0. The van der Waals surface area contributed by atoms with Crippen molar-refractivity contribution in [1.82, 2.24) is 15.2 Å². The van der Waals surface area contributed by atoms with Gasteiger partial charge in [-0.1, -0.05) is 23.7 Å². The molecule has 0 amide bonds. The largest absolute Gasteiger partial charge is 0.497 e. The number of rotatable bonds is 6. The van der Waals surface area contributed by atoms with Crippen LogP contribution in [-0.4, -0.2) is 29.4 Å². The van der Waals surface area contributed by atoms with Crippen molar-refractivity contribution in [3.63, 3.8) is 0 Å². The van der Waals surface area contributed by atoms with E-state index >= 15 is 0 Å². The summed E-state index contributed by atoms with van der Waals surface area (Å²) in [7, 11) is 3.18. The third-order valence-electron chi connectivity index (χ3n) is 3.35. The first-order valence-electron chi connectivity index (χ1n) is 7.40. The smallest absolute Gasteiger partial charge is 0.249 e. The quantitative estimate of drug-likeness (QED) is 0.689. The Morgan fingerprint density at radius 3 is 2.56 bits per heavy atom. The molecule has 0 aliphatic heterocycles. The molecule has 2 N–H and O–H groups in total. The third kappa shape index (κ3) is 4.07. The standard InChI is InChI=1S/C17H16ClN5O2/c1-24-11-7-8-15(25-2)14(9-11)21-17-22-16(10-19-23-17)20-13-6-4-3-5-12(13)18/h3-10H,1-2H3,(H2,20,21,22,23). The molecule has 0 saturated carbocycles. The normalized spacial score (nSPS) is 10.2. The topological polar surface area (TPSA) is 81.2 Å². The van der Waals surface area contributed by atoms with Crippen molar-refractivity contribution in [2.24, 2.45) is 0 Å². The predicted octanol–water partition coefficient (Wildman–Crippen LogP) is 4.03. The SMILES string of the molecule is COc1ccc(OC)c(Nc2nncc(Nc3ccccc3Cl)n2)c1. The highest BCUT2D eigenvalue weighted by atomic mass is 35.5. The fourth-order valence-corrected chi connectivity index (χ4v) is 2.33. The van der Waals surface area contributed by atoms with Crippen LogP contribution in [0.25, 0.3) is 0 Å².